The second-order valence-corrected chi connectivity index (χ2v) is 9.52. The smallest absolute Gasteiger partial charge is 0.315 e. The second kappa shape index (κ2) is 10.8. The predicted octanol–water partition coefficient (Wildman–Crippen LogP) is 3.79. The topological polar surface area (TPSA) is 141 Å². The third-order valence-corrected chi connectivity index (χ3v) is 6.30. The number of aryl methyl sites for hydroxylation is 3. The Morgan fingerprint density at radius 1 is 1.29 bits per heavy atom. The van der Waals surface area contributed by atoms with E-state index in [2.05, 4.69) is 39.7 Å². The molecule has 4 rings (SSSR count). The molecule has 0 aliphatic heterocycles. The molecule has 3 aromatic rings. The monoisotopic (exact) mass is 483 g/mol. The van der Waals surface area contributed by atoms with Crippen molar-refractivity contribution in [1.82, 2.24) is 30.2 Å². The zero-order valence-corrected chi connectivity index (χ0v) is 20.7. The van der Waals surface area contributed by atoms with Gasteiger partial charge in [0.25, 0.3) is 0 Å². The van der Waals surface area contributed by atoms with Crippen LogP contribution in [0.1, 0.15) is 63.2 Å². The molecule has 1 saturated carbocycles. The van der Waals surface area contributed by atoms with Crippen LogP contribution in [0.4, 0.5) is 6.01 Å². The van der Waals surface area contributed by atoms with Crippen LogP contribution in [-0.2, 0) is 24.8 Å². The molecule has 35 heavy (non-hydrogen) atoms. The average molecular weight is 484 g/mol. The second-order valence-electron chi connectivity index (χ2n) is 9.52. The minimum absolute atomic E-state index is 0.118. The third kappa shape index (κ3) is 6.14. The first-order valence-corrected chi connectivity index (χ1v) is 12.1. The molecule has 0 amide bonds. The zero-order valence-electron chi connectivity index (χ0n) is 20.7. The lowest BCUT2D eigenvalue weighted by molar-refractivity contribution is -0.143. The molecule has 3 aromatic heterocycles. The van der Waals surface area contributed by atoms with Gasteiger partial charge in [0.1, 0.15) is 11.4 Å². The molecule has 0 aromatic carbocycles. The van der Waals surface area contributed by atoms with E-state index in [1.807, 2.05) is 26.1 Å². The van der Waals surface area contributed by atoms with E-state index in [9.17, 15) is 9.90 Å². The van der Waals surface area contributed by atoms with Crippen LogP contribution < -0.4 is 10.1 Å². The van der Waals surface area contributed by atoms with Crippen molar-refractivity contribution in [2.75, 3.05) is 5.32 Å². The van der Waals surface area contributed by atoms with Gasteiger partial charge in [0.2, 0.25) is 5.89 Å². The molecular formula is C24H33N7O4. The van der Waals surface area contributed by atoms with Crippen molar-refractivity contribution in [2.24, 2.45) is 18.9 Å². The molecule has 1 aliphatic carbocycles. The van der Waals surface area contributed by atoms with Crippen LogP contribution in [0.3, 0.4) is 0 Å². The van der Waals surface area contributed by atoms with Gasteiger partial charge in [-0.25, -0.2) is 9.67 Å². The van der Waals surface area contributed by atoms with Crippen molar-refractivity contribution in [3.05, 3.63) is 29.4 Å². The van der Waals surface area contributed by atoms with E-state index >= 15 is 0 Å². The van der Waals surface area contributed by atoms with E-state index in [1.165, 1.54) is 0 Å². The number of carboxylic acids is 1. The molecule has 0 spiro atoms. The molecule has 1 aliphatic rings. The van der Waals surface area contributed by atoms with E-state index in [0.717, 1.165) is 37.1 Å². The summed E-state index contributed by atoms with van der Waals surface area (Å²) in [5, 5.41) is 29.1. The maximum absolute atomic E-state index is 11.4. The molecule has 0 radical (unpaired) electrons. The Bertz CT molecular complexity index is 1160. The lowest BCUT2D eigenvalue weighted by Crippen LogP contribution is -2.29. The number of anilines is 1. The Morgan fingerprint density at radius 3 is 2.86 bits per heavy atom. The number of rotatable bonds is 10. The van der Waals surface area contributed by atoms with Gasteiger partial charge in [0, 0.05) is 13.5 Å². The Balaban J connectivity index is 1.42. The summed E-state index contributed by atoms with van der Waals surface area (Å²) in [4.78, 5) is 16.1. The van der Waals surface area contributed by atoms with Crippen LogP contribution in [0.15, 0.2) is 16.5 Å². The SMILES string of the molecule is Cc1nc(-c2nnn(C)c2CNc2nnc(CCC(C)C)o2)ccc1O[C@H]1CCC[C@H](C(=O)O)C1. The van der Waals surface area contributed by atoms with Gasteiger partial charge in [0.15, 0.2) is 0 Å². The number of aromatic nitrogens is 6. The summed E-state index contributed by atoms with van der Waals surface area (Å²) in [6, 6.07) is 4.08. The van der Waals surface area contributed by atoms with Crippen molar-refractivity contribution in [3.8, 4) is 17.1 Å². The van der Waals surface area contributed by atoms with E-state index in [-0.39, 0.29) is 12.0 Å². The standard InChI is InChI=1S/C24H33N7O4/c1-14(2)8-11-21-27-29-24(35-21)25-13-19-22(28-30-31(19)4)18-9-10-20(15(3)26-18)34-17-7-5-6-16(12-17)23(32)33/h9-10,14,16-17H,5-8,11-13H2,1-4H3,(H,25,29)(H,32,33)/t16-,17-/m0/s1. The lowest BCUT2D eigenvalue weighted by atomic mass is 9.87. The maximum Gasteiger partial charge on any atom is 0.315 e. The van der Waals surface area contributed by atoms with Gasteiger partial charge in [-0.1, -0.05) is 24.2 Å². The summed E-state index contributed by atoms with van der Waals surface area (Å²) in [6.07, 6.45) is 4.54. The molecule has 1 fully saturated rings. The molecule has 0 bridgehead atoms. The fraction of sp³-hybridized carbons (Fsp3) is 0.583. The van der Waals surface area contributed by atoms with Gasteiger partial charge in [0.05, 0.1) is 35.6 Å². The number of nitrogens with zero attached hydrogens (tertiary/aromatic N) is 6. The van der Waals surface area contributed by atoms with Crippen LogP contribution in [0.5, 0.6) is 5.75 Å². The number of hydrogen-bond acceptors (Lipinski definition) is 9. The first-order chi connectivity index (χ1) is 16.8. The van der Waals surface area contributed by atoms with E-state index in [1.54, 1.807) is 4.68 Å². The van der Waals surface area contributed by atoms with Crippen LogP contribution in [0.25, 0.3) is 11.4 Å². The van der Waals surface area contributed by atoms with Gasteiger partial charge in [-0.2, -0.15) is 0 Å². The molecular weight excluding hydrogens is 450 g/mol. The molecule has 2 N–H and O–H groups in total. The minimum Gasteiger partial charge on any atom is -0.489 e. The summed E-state index contributed by atoms with van der Waals surface area (Å²) in [5.41, 5.74) is 2.87. The van der Waals surface area contributed by atoms with Crippen molar-refractivity contribution in [1.29, 1.82) is 0 Å². The molecule has 0 saturated heterocycles. The molecule has 2 atom stereocenters. The molecule has 11 heteroatoms. The highest BCUT2D eigenvalue weighted by Gasteiger charge is 2.28. The van der Waals surface area contributed by atoms with E-state index < -0.39 is 5.97 Å². The highest BCUT2D eigenvalue weighted by atomic mass is 16.5. The Kier molecular flexibility index (Phi) is 7.62. The number of ether oxygens (including phenoxy) is 1. The first kappa shape index (κ1) is 24.6. The average Bonchev–Trinajstić information content (AvgIpc) is 3.44. The lowest BCUT2D eigenvalue weighted by Gasteiger charge is -2.27. The first-order valence-electron chi connectivity index (χ1n) is 12.1. The van der Waals surface area contributed by atoms with Gasteiger partial charge in [-0.15, -0.1) is 10.2 Å². The summed E-state index contributed by atoms with van der Waals surface area (Å²) in [5.74, 6) is 0.748. The zero-order chi connectivity index (χ0) is 24.9. The van der Waals surface area contributed by atoms with Gasteiger partial charge < -0.3 is 19.6 Å². The van der Waals surface area contributed by atoms with Gasteiger partial charge >= 0.3 is 12.0 Å². The van der Waals surface area contributed by atoms with Crippen LogP contribution in [0.2, 0.25) is 0 Å². The van der Waals surface area contributed by atoms with Crippen LogP contribution in [0, 0.1) is 18.8 Å². The number of pyridine rings is 1. The molecule has 11 nitrogen and oxygen atoms in total. The molecule has 188 valence electrons. The number of aliphatic carboxylic acids is 1. The summed E-state index contributed by atoms with van der Waals surface area (Å²) in [6.45, 7) is 6.58. The largest absolute Gasteiger partial charge is 0.489 e. The van der Waals surface area contributed by atoms with Crippen molar-refractivity contribution in [3.63, 3.8) is 0 Å². The van der Waals surface area contributed by atoms with Gasteiger partial charge in [-0.05, 0) is 57.1 Å². The third-order valence-electron chi connectivity index (χ3n) is 6.30. The predicted molar refractivity (Wildman–Crippen MR) is 128 cm³/mol. The normalized spacial score (nSPS) is 18.1. The summed E-state index contributed by atoms with van der Waals surface area (Å²) in [7, 11) is 1.82. The molecule has 3 heterocycles. The highest BCUT2D eigenvalue weighted by molar-refractivity contribution is 5.70. The molecule has 0 unspecified atom stereocenters. The van der Waals surface area contributed by atoms with E-state index in [0.29, 0.717) is 54.3 Å². The minimum atomic E-state index is -0.750. The maximum atomic E-state index is 11.4. The Hall–Kier alpha value is -3.50. The quantitative estimate of drug-likeness (QED) is 0.437. The Labute approximate surface area is 204 Å². The number of carbonyl (C=O) groups is 1. The van der Waals surface area contributed by atoms with E-state index in [4.69, 9.17) is 14.1 Å². The number of carboxylic acid groups (broad SMARTS) is 1. The summed E-state index contributed by atoms with van der Waals surface area (Å²) < 4.78 is 13.5. The van der Waals surface area contributed by atoms with Crippen LogP contribution >= 0.6 is 0 Å². The fourth-order valence-electron chi connectivity index (χ4n) is 4.23. The van der Waals surface area contributed by atoms with Gasteiger partial charge in [-0.3, -0.25) is 4.79 Å². The number of nitrogens with one attached hydrogen (secondary N) is 1. The van der Waals surface area contributed by atoms with Crippen molar-refractivity contribution < 1.29 is 19.1 Å². The fourth-order valence-corrected chi connectivity index (χ4v) is 4.23. The Morgan fingerprint density at radius 2 is 2.11 bits per heavy atom. The number of hydrogen-bond donors (Lipinski definition) is 2. The van der Waals surface area contributed by atoms with Crippen molar-refractivity contribution >= 4 is 12.0 Å². The van der Waals surface area contributed by atoms with Crippen LogP contribution in [-0.4, -0.2) is 47.4 Å². The van der Waals surface area contributed by atoms with Crippen molar-refractivity contribution in [2.45, 2.75) is 71.9 Å². The highest BCUT2D eigenvalue weighted by Crippen LogP contribution is 2.30. The summed E-state index contributed by atoms with van der Waals surface area (Å²) >= 11 is 0.